The number of fused-ring (bicyclic) bond motifs is 1. The van der Waals surface area contributed by atoms with Gasteiger partial charge in [-0.25, -0.2) is 10.2 Å². The summed E-state index contributed by atoms with van der Waals surface area (Å²) in [6.07, 6.45) is 5.68. The van der Waals surface area contributed by atoms with Crippen LogP contribution in [0.4, 0.5) is 0 Å². The molecule has 0 aliphatic heterocycles. The standard InChI is InChI=1S/C25H27N3O4S/c1-15-11-18(14-26-27-22(29)13-17-7-6-8-19(12-17)32-3)16(2)28(15)24-23(25(30)31)20-9-4-5-10-21(20)33-24/h6-8,11-12,14H,4-5,9-10,13H2,1-3H3,(H,27,29)(H,30,31). The van der Waals surface area contributed by atoms with E-state index in [0.717, 1.165) is 58.8 Å². The Labute approximate surface area is 196 Å². The van der Waals surface area contributed by atoms with Crippen molar-refractivity contribution >= 4 is 29.4 Å². The Hall–Kier alpha value is -3.39. The third-order valence-corrected chi connectivity index (χ3v) is 7.21. The van der Waals surface area contributed by atoms with E-state index in [4.69, 9.17) is 4.74 Å². The van der Waals surface area contributed by atoms with Gasteiger partial charge in [-0.2, -0.15) is 5.10 Å². The molecule has 2 heterocycles. The fourth-order valence-electron chi connectivity index (χ4n) is 4.34. The number of amides is 1. The van der Waals surface area contributed by atoms with E-state index in [9.17, 15) is 14.7 Å². The molecule has 3 aromatic rings. The van der Waals surface area contributed by atoms with Gasteiger partial charge in [-0.05, 0) is 68.9 Å². The second-order valence-corrected chi connectivity index (χ2v) is 9.26. The van der Waals surface area contributed by atoms with Crippen molar-refractivity contribution < 1.29 is 19.4 Å². The zero-order valence-electron chi connectivity index (χ0n) is 19.0. The molecule has 0 saturated carbocycles. The Bertz CT molecular complexity index is 1240. The minimum absolute atomic E-state index is 0.191. The van der Waals surface area contributed by atoms with Crippen LogP contribution in [0.1, 0.15) is 56.2 Å². The first-order valence-corrected chi connectivity index (χ1v) is 11.7. The highest BCUT2D eigenvalue weighted by Crippen LogP contribution is 2.38. The van der Waals surface area contributed by atoms with E-state index < -0.39 is 5.97 Å². The second kappa shape index (κ2) is 9.62. The average molecular weight is 466 g/mol. The molecule has 0 saturated heterocycles. The van der Waals surface area contributed by atoms with Crippen LogP contribution in [0.25, 0.3) is 5.00 Å². The van der Waals surface area contributed by atoms with E-state index in [1.54, 1.807) is 24.7 Å². The van der Waals surface area contributed by atoms with Crippen molar-refractivity contribution in [2.45, 2.75) is 46.0 Å². The minimum atomic E-state index is -0.878. The lowest BCUT2D eigenvalue weighted by atomic mass is 9.95. The Balaban J connectivity index is 1.54. The van der Waals surface area contributed by atoms with E-state index in [2.05, 4.69) is 10.5 Å². The highest BCUT2D eigenvalue weighted by atomic mass is 32.1. The number of methoxy groups -OCH3 is 1. The highest BCUT2D eigenvalue weighted by Gasteiger charge is 2.27. The van der Waals surface area contributed by atoms with Crippen molar-refractivity contribution in [3.8, 4) is 10.8 Å². The molecular formula is C25H27N3O4S. The van der Waals surface area contributed by atoms with Crippen LogP contribution in [0.3, 0.4) is 0 Å². The quantitative estimate of drug-likeness (QED) is 0.399. The van der Waals surface area contributed by atoms with E-state index in [-0.39, 0.29) is 12.3 Å². The number of thiophene rings is 1. The van der Waals surface area contributed by atoms with Gasteiger partial charge in [-0.3, -0.25) is 4.79 Å². The molecule has 172 valence electrons. The lowest BCUT2D eigenvalue weighted by Gasteiger charge is -2.11. The number of carbonyl (C=O) groups is 2. The van der Waals surface area contributed by atoms with Crippen LogP contribution in [-0.4, -0.2) is 34.9 Å². The number of benzene rings is 1. The summed E-state index contributed by atoms with van der Waals surface area (Å²) < 4.78 is 7.18. The summed E-state index contributed by atoms with van der Waals surface area (Å²) in [5, 5.41) is 14.8. The zero-order chi connectivity index (χ0) is 23.5. The maximum atomic E-state index is 12.3. The summed E-state index contributed by atoms with van der Waals surface area (Å²) in [4.78, 5) is 25.6. The van der Waals surface area contributed by atoms with Gasteiger partial charge in [0.25, 0.3) is 0 Å². The van der Waals surface area contributed by atoms with Crippen LogP contribution >= 0.6 is 11.3 Å². The van der Waals surface area contributed by atoms with Gasteiger partial charge in [0.2, 0.25) is 5.91 Å². The maximum Gasteiger partial charge on any atom is 0.339 e. The molecule has 0 spiro atoms. The number of rotatable bonds is 7. The van der Waals surface area contributed by atoms with Crippen molar-refractivity contribution in [2.75, 3.05) is 7.11 Å². The Morgan fingerprint density at radius 2 is 2.03 bits per heavy atom. The van der Waals surface area contributed by atoms with Gasteiger partial charge in [-0.15, -0.1) is 11.3 Å². The third-order valence-electron chi connectivity index (χ3n) is 5.93. The monoisotopic (exact) mass is 465 g/mol. The number of carboxylic acid groups (broad SMARTS) is 1. The third kappa shape index (κ3) is 4.71. The molecule has 0 unspecified atom stereocenters. The van der Waals surface area contributed by atoms with Crippen molar-refractivity contribution in [2.24, 2.45) is 5.10 Å². The molecule has 2 N–H and O–H groups in total. The van der Waals surface area contributed by atoms with Gasteiger partial charge in [0.1, 0.15) is 10.8 Å². The Morgan fingerprint density at radius 1 is 1.24 bits per heavy atom. The van der Waals surface area contributed by atoms with E-state index in [0.29, 0.717) is 11.3 Å². The average Bonchev–Trinajstić information content (AvgIpc) is 3.30. The lowest BCUT2D eigenvalue weighted by molar-refractivity contribution is -0.120. The number of hydrogen-bond donors (Lipinski definition) is 2. The first kappa shape index (κ1) is 22.8. The van der Waals surface area contributed by atoms with Crippen molar-refractivity contribution in [1.29, 1.82) is 0 Å². The predicted octanol–water partition coefficient (Wildman–Crippen LogP) is 4.43. The number of nitrogens with zero attached hydrogens (tertiary/aromatic N) is 2. The van der Waals surface area contributed by atoms with Gasteiger partial charge >= 0.3 is 5.97 Å². The first-order chi connectivity index (χ1) is 15.9. The number of aromatic nitrogens is 1. The SMILES string of the molecule is COc1cccc(CC(=O)NN=Cc2cc(C)n(-c3sc4c(c3C(=O)O)CCCC4)c2C)c1. The molecule has 2 aromatic heterocycles. The van der Waals surface area contributed by atoms with Crippen molar-refractivity contribution in [3.63, 3.8) is 0 Å². The summed E-state index contributed by atoms with van der Waals surface area (Å²) in [6, 6.07) is 9.30. The summed E-state index contributed by atoms with van der Waals surface area (Å²) in [5.41, 5.74) is 7.46. The molecule has 8 heteroatoms. The van der Waals surface area contributed by atoms with Crippen LogP contribution in [0.2, 0.25) is 0 Å². The Kier molecular flexibility index (Phi) is 6.65. The fraction of sp³-hybridized carbons (Fsp3) is 0.320. The minimum Gasteiger partial charge on any atom is -0.497 e. The number of carboxylic acids is 1. The van der Waals surface area contributed by atoms with Gasteiger partial charge in [0.05, 0.1) is 25.3 Å². The fourth-order valence-corrected chi connectivity index (χ4v) is 5.83. The number of aromatic carboxylic acids is 1. The summed E-state index contributed by atoms with van der Waals surface area (Å²) >= 11 is 1.58. The molecule has 1 aliphatic carbocycles. The van der Waals surface area contributed by atoms with Crippen LogP contribution in [-0.2, 0) is 24.1 Å². The van der Waals surface area contributed by atoms with Crippen LogP contribution in [0, 0.1) is 13.8 Å². The molecule has 4 rings (SSSR count). The molecule has 0 atom stereocenters. The van der Waals surface area contributed by atoms with Crippen molar-refractivity contribution in [3.05, 3.63) is 68.9 Å². The molecular weight excluding hydrogens is 438 g/mol. The largest absolute Gasteiger partial charge is 0.497 e. The lowest BCUT2D eigenvalue weighted by Crippen LogP contribution is -2.19. The summed E-state index contributed by atoms with van der Waals surface area (Å²) in [7, 11) is 1.59. The number of carbonyl (C=O) groups excluding carboxylic acids is 1. The van der Waals surface area contributed by atoms with Gasteiger partial charge in [0, 0.05) is 21.8 Å². The van der Waals surface area contributed by atoms with E-state index in [1.165, 1.54) is 4.88 Å². The van der Waals surface area contributed by atoms with E-state index in [1.807, 2.05) is 48.7 Å². The molecule has 33 heavy (non-hydrogen) atoms. The van der Waals surface area contributed by atoms with Gasteiger partial charge < -0.3 is 14.4 Å². The second-order valence-electron chi connectivity index (χ2n) is 8.18. The maximum absolute atomic E-state index is 12.3. The normalized spacial score (nSPS) is 13.2. The van der Waals surface area contributed by atoms with E-state index >= 15 is 0 Å². The first-order valence-electron chi connectivity index (χ1n) is 10.9. The highest BCUT2D eigenvalue weighted by molar-refractivity contribution is 7.15. The smallest absolute Gasteiger partial charge is 0.339 e. The number of nitrogens with one attached hydrogen (secondary N) is 1. The molecule has 0 bridgehead atoms. The molecule has 1 aliphatic rings. The number of hydrazone groups is 1. The van der Waals surface area contributed by atoms with Crippen molar-refractivity contribution in [1.82, 2.24) is 9.99 Å². The van der Waals surface area contributed by atoms with Gasteiger partial charge in [-0.1, -0.05) is 12.1 Å². The number of aryl methyl sites for hydroxylation is 2. The number of ether oxygens (including phenoxy) is 1. The topological polar surface area (TPSA) is 92.9 Å². The number of hydrogen-bond acceptors (Lipinski definition) is 5. The predicted molar refractivity (Wildman–Crippen MR) is 129 cm³/mol. The van der Waals surface area contributed by atoms with Crippen LogP contribution in [0.15, 0.2) is 35.4 Å². The molecule has 1 aromatic carbocycles. The Morgan fingerprint density at radius 3 is 2.79 bits per heavy atom. The van der Waals surface area contributed by atoms with Crippen LogP contribution in [0.5, 0.6) is 5.75 Å². The molecule has 0 fully saturated rings. The zero-order valence-corrected chi connectivity index (χ0v) is 19.8. The summed E-state index contributed by atoms with van der Waals surface area (Å²) in [5.74, 6) is -0.406. The summed E-state index contributed by atoms with van der Waals surface area (Å²) in [6.45, 7) is 3.90. The van der Waals surface area contributed by atoms with Gasteiger partial charge in [0.15, 0.2) is 0 Å². The molecule has 0 radical (unpaired) electrons. The molecule has 1 amide bonds. The molecule has 7 nitrogen and oxygen atoms in total. The van der Waals surface area contributed by atoms with Crippen LogP contribution < -0.4 is 10.2 Å².